The van der Waals surface area contributed by atoms with Crippen molar-refractivity contribution in [2.75, 3.05) is 5.73 Å². The minimum Gasteiger partial charge on any atom is -0.398 e. The third-order valence-electron chi connectivity index (χ3n) is 2.52. The van der Waals surface area contributed by atoms with E-state index in [0.717, 1.165) is 0 Å². The molecule has 2 N–H and O–H groups in total. The number of hydrogen-bond acceptors (Lipinski definition) is 2. The second-order valence-electron chi connectivity index (χ2n) is 3.84. The van der Waals surface area contributed by atoms with Crippen LogP contribution < -0.4 is 5.73 Å². The molecular formula is C15H12FNO. The fraction of sp³-hybridized carbons (Fsp3) is 0. The average molecular weight is 241 g/mol. The first-order valence-electron chi connectivity index (χ1n) is 5.49. The van der Waals surface area contributed by atoms with Gasteiger partial charge in [-0.15, -0.1) is 0 Å². The highest BCUT2D eigenvalue weighted by Gasteiger charge is 2.01. The third kappa shape index (κ3) is 2.83. The van der Waals surface area contributed by atoms with Crippen LogP contribution in [0.2, 0.25) is 0 Å². The van der Waals surface area contributed by atoms with Crippen LogP contribution in [0, 0.1) is 5.82 Å². The molecule has 0 radical (unpaired) electrons. The topological polar surface area (TPSA) is 43.1 Å². The number of hydrogen-bond donors (Lipinski definition) is 1. The van der Waals surface area contributed by atoms with Gasteiger partial charge < -0.3 is 5.73 Å². The Morgan fingerprint density at radius 1 is 1.11 bits per heavy atom. The largest absolute Gasteiger partial charge is 0.398 e. The van der Waals surface area contributed by atoms with Crippen LogP contribution in [0.25, 0.3) is 6.08 Å². The zero-order valence-corrected chi connectivity index (χ0v) is 9.64. The lowest BCUT2D eigenvalue weighted by Crippen LogP contribution is -1.94. The van der Waals surface area contributed by atoms with Crippen molar-refractivity contribution in [1.29, 1.82) is 0 Å². The summed E-state index contributed by atoms with van der Waals surface area (Å²) in [6, 6.07) is 13.0. The Bertz CT molecular complexity index is 591. The highest BCUT2D eigenvalue weighted by atomic mass is 19.1. The summed E-state index contributed by atoms with van der Waals surface area (Å²) in [5.74, 6) is -0.502. The van der Waals surface area contributed by atoms with E-state index in [1.165, 1.54) is 18.2 Å². The summed E-state index contributed by atoms with van der Waals surface area (Å²) < 4.78 is 12.8. The third-order valence-corrected chi connectivity index (χ3v) is 2.52. The number of nitrogens with two attached hydrogens (primary N) is 1. The lowest BCUT2D eigenvalue weighted by molar-refractivity contribution is 0.104. The van der Waals surface area contributed by atoms with Gasteiger partial charge in [0.25, 0.3) is 0 Å². The first kappa shape index (κ1) is 12.0. The van der Waals surface area contributed by atoms with E-state index < -0.39 is 0 Å². The molecule has 0 fully saturated rings. The summed E-state index contributed by atoms with van der Waals surface area (Å²) in [7, 11) is 0. The Morgan fingerprint density at radius 2 is 1.83 bits per heavy atom. The van der Waals surface area contributed by atoms with Gasteiger partial charge in [-0.2, -0.15) is 0 Å². The van der Waals surface area contributed by atoms with Crippen molar-refractivity contribution < 1.29 is 9.18 Å². The van der Waals surface area contributed by atoms with E-state index in [-0.39, 0.29) is 11.6 Å². The fourth-order valence-corrected chi connectivity index (χ4v) is 1.56. The maximum Gasteiger partial charge on any atom is 0.185 e. The molecule has 0 aliphatic carbocycles. The first-order valence-corrected chi connectivity index (χ1v) is 5.49. The number of nitrogen functional groups attached to an aromatic ring is 1. The molecule has 0 saturated carbocycles. The molecule has 0 atom stereocenters. The van der Waals surface area contributed by atoms with Crippen molar-refractivity contribution in [2.45, 2.75) is 0 Å². The summed E-state index contributed by atoms with van der Waals surface area (Å²) in [5, 5.41) is 0. The zero-order valence-electron chi connectivity index (χ0n) is 9.64. The predicted octanol–water partition coefficient (Wildman–Crippen LogP) is 3.30. The lowest BCUT2D eigenvalue weighted by atomic mass is 10.1. The molecule has 18 heavy (non-hydrogen) atoms. The smallest absolute Gasteiger partial charge is 0.185 e. The molecule has 3 heteroatoms. The highest BCUT2D eigenvalue weighted by molar-refractivity contribution is 6.07. The van der Waals surface area contributed by atoms with Crippen molar-refractivity contribution in [2.24, 2.45) is 0 Å². The Kier molecular flexibility index (Phi) is 3.53. The van der Waals surface area contributed by atoms with Crippen LogP contribution in [-0.2, 0) is 0 Å². The van der Waals surface area contributed by atoms with Gasteiger partial charge in [0.15, 0.2) is 5.78 Å². The first-order chi connectivity index (χ1) is 8.66. The standard InChI is InChI=1S/C15H12FNO/c16-13-8-6-11(14(17)10-13)7-9-15(18)12-4-2-1-3-5-12/h1-10H,17H2/b9-7+. The molecule has 0 heterocycles. The van der Waals surface area contributed by atoms with E-state index in [2.05, 4.69) is 0 Å². The van der Waals surface area contributed by atoms with Crippen molar-refractivity contribution in [1.82, 2.24) is 0 Å². The van der Waals surface area contributed by atoms with Gasteiger partial charge in [0.1, 0.15) is 5.82 Å². The van der Waals surface area contributed by atoms with Crippen molar-refractivity contribution in [3.8, 4) is 0 Å². The number of anilines is 1. The molecule has 0 spiro atoms. The number of carbonyl (C=O) groups excluding carboxylic acids is 1. The summed E-state index contributed by atoms with van der Waals surface area (Å²) in [6.07, 6.45) is 3.02. The normalized spacial score (nSPS) is 10.7. The fourth-order valence-electron chi connectivity index (χ4n) is 1.56. The molecule has 0 aliphatic heterocycles. The van der Waals surface area contributed by atoms with Crippen LogP contribution >= 0.6 is 0 Å². The van der Waals surface area contributed by atoms with Gasteiger partial charge in [-0.1, -0.05) is 36.4 Å². The number of carbonyl (C=O) groups is 1. The van der Waals surface area contributed by atoms with Crippen molar-refractivity contribution in [3.63, 3.8) is 0 Å². The van der Waals surface area contributed by atoms with Crippen LogP contribution in [0.15, 0.2) is 54.6 Å². The second-order valence-corrected chi connectivity index (χ2v) is 3.84. The Labute approximate surface area is 105 Å². The second kappa shape index (κ2) is 5.27. The van der Waals surface area contributed by atoms with Gasteiger partial charge in [-0.3, -0.25) is 4.79 Å². The molecule has 2 aromatic carbocycles. The molecule has 2 rings (SSSR count). The predicted molar refractivity (Wildman–Crippen MR) is 70.6 cm³/mol. The molecule has 0 saturated heterocycles. The van der Waals surface area contributed by atoms with Crippen LogP contribution in [0.4, 0.5) is 10.1 Å². The SMILES string of the molecule is Nc1cc(F)ccc1/C=C/C(=O)c1ccccc1. The molecule has 2 nitrogen and oxygen atoms in total. The van der Waals surface area contributed by atoms with Crippen LogP contribution in [-0.4, -0.2) is 5.78 Å². The molecule has 0 amide bonds. The maximum atomic E-state index is 12.8. The van der Waals surface area contributed by atoms with Gasteiger partial charge in [0, 0.05) is 11.3 Å². The van der Waals surface area contributed by atoms with Crippen molar-refractivity contribution in [3.05, 3.63) is 71.6 Å². The van der Waals surface area contributed by atoms with Crippen molar-refractivity contribution >= 4 is 17.5 Å². The number of ketones is 1. The minimum atomic E-state index is -0.390. The number of allylic oxidation sites excluding steroid dienone is 1. The van der Waals surface area contributed by atoms with Gasteiger partial charge in [0.05, 0.1) is 0 Å². The van der Waals surface area contributed by atoms with E-state index in [1.807, 2.05) is 6.07 Å². The van der Waals surface area contributed by atoms with Gasteiger partial charge in [0.2, 0.25) is 0 Å². The maximum absolute atomic E-state index is 12.8. The summed E-state index contributed by atoms with van der Waals surface area (Å²) >= 11 is 0. The number of rotatable bonds is 3. The Balaban J connectivity index is 2.19. The Hall–Kier alpha value is -2.42. The Morgan fingerprint density at radius 3 is 2.50 bits per heavy atom. The molecule has 0 aliphatic rings. The van der Waals surface area contributed by atoms with E-state index in [1.54, 1.807) is 36.4 Å². The van der Waals surface area contributed by atoms with Gasteiger partial charge in [-0.25, -0.2) is 4.39 Å². The van der Waals surface area contributed by atoms with Gasteiger partial charge >= 0.3 is 0 Å². The molecule has 0 unspecified atom stereocenters. The molecular weight excluding hydrogens is 229 g/mol. The number of benzene rings is 2. The quantitative estimate of drug-likeness (QED) is 0.509. The summed E-state index contributed by atoms with van der Waals surface area (Å²) in [5.41, 5.74) is 7.19. The monoisotopic (exact) mass is 241 g/mol. The molecule has 90 valence electrons. The van der Waals surface area contributed by atoms with E-state index >= 15 is 0 Å². The minimum absolute atomic E-state index is 0.112. The van der Waals surface area contributed by atoms with Crippen LogP contribution in [0.1, 0.15) is 15.9 Å². The molecule has 2 aromatic rings. The summed E-state index contributed by atoms with van der Waals surface area (Å²) in [6.45, 7) is 0. The highest BCUT2D eigenvalue weighted by Crippen LogP contribution is 2.15. The van der Waals surface area contributed by atoms with Crippen LogP contribution in [0.3, 0.4) is 0 Å². The zero-order chi connectivity index (χ0) is 13.0. The molecule has 0 bridgehead atoms. The summed E-state index contributed by atoms with van der Waals surface area (Å²) in [4.78, 5) is 11.8. The average Bonchev–Trinajstić information content (AvgIpc) is 2.38. The number of halogens is 1. The molecule has 0 aromatic heterocycles. The van der Waals surface area contributed by atoms with E-state index in [0.29, 0.717) is 16.8 Å². The van der Waals surface area contributed by atoms with E-state index in [4.69, 9.17) is 5.73 Å². The lowest BCUT2D eigenvalue weighted by Gasteiger charge is -1.99. The van der Waals surface area contributed by atoms with E-state index in [9.17, 15) is 9.18 Å². The van der Waals surface area contributed by atoms with Crippen LogP contribution in [0.5, 0.6) is 0 Å². The van der Waals surface area contributed by atoms with Gasteiger partial charge in [-0.05, 0) is 29.8 Å².